The lowest BCUT2D eigenvalue weighted by Crippen LogP contribution is -2.26. The van der Waals surface area contributed by atoms with Crippen molar-refractivity contribution < 1.29 is 9.47 Å². The quantitative estimate of drug-likeness (QED) is 0.298. The maximum absolute atomic E-state index is 12.7. The van der Waals surface area contributed by atoms with E-state index in [-0.39, 0.29) is 5.56 Å². The predicted molar refractivity (Wildman–Crippen MR) is 142 cm³/mol. The molecule has 2 heterocycles. The molecule has 0 unspecified atom stereocenters. The lowest BCUT2D eigenvalue weighted by atomic mass is 10.1. The van der Waals surface area contributed by atoms with Crippen LogP contribution in [-0.4, -0.2) is 40.9 Å². The SMILES string of the molecule is CCCCNc1nc(N(Cc2ccc(OC)cc2)Cc2ccc(OC)cc2)nc2c(C)n[nH]c(=O)c12. The zero-order valence-electron chi connectivity index (χ0n) is 21.2. The average molecular weight is 489 g/mol. The second-order valence-electron chi connectivity index (χ2n) is 8.57. The van der Waals surface area contributed by atoms with E-state index in [9.17, 15) is 4.79 Å². The van der Waals surface area contributed by atoms with E-state index in [0.717, 1.165) is 35.5 Å². The lowest BCUT2D eigenvalue weighted by Gasteiger charge is -2.24. The summed E-state index contributed by atoms with van der Waals surface area (Å²) in [5.74, 6) is 2.63. The third kappa shape index (κ3) is 5.73. The number of hydrogen-bond donors (Lipinski definition) is 2. The number of aromatic amines is 1. The van der Waals surface area contributed by atoms with Crippen molar-refractivity contribution in [2.75, 3.05) is 31.0 Å². The van der Waals surface area contributed by atoms with Gasteiger partial charge in [0.05, 0.1) is 19.9 Å². The number of ether oxygens (including phenoxy) is 2. The molecule has 0 aliphatic heterocycles. The van der Waals surface area contributed by atoms with Crippen molar-refractivity contribution >= 4 is 22.7 Å². The first-order valence-electron chi connectivity index (χ1n) is 12.0. The highest BCUT2D eigenvalue weighted by molar-refractivity contribution is 5.90. The topological polar surface area (TPSA) is 105 Å². The van der Waals surface area contributed by atoms with Gasteiger partial charge in [0.15, 0.2) is 0 Å². The second-order valence-corrected chi connectivity index (χ2v) is 8.57. The number of fused-ring (bicyclic) bond motifs is 1. The molecule has 9 heteroatoms. The summed E-state index contributed by atoms with van der Waals surface area (Å²) in [5, 5.41) is 10.5. The molecule has 9 nitrogen and oxygen atoms in total. The molecule has 0 atom stereocenters. The third-order valence-electron chi connectivity index (χ3n) is 5.96. The number of hydrogen-bond acceptors (Lipinski definition) is 8. The molecule has 0 saturated heterocycles. The molecule has 2 N–H and O–H groups in total. The van der Waals surface area contributed by atoms with Gasteiger partial charge in [0.25, 0.3) is 5.56 Å². The smallest absolute Gasteiger partial charge is 0.277 e. The number of H-pyrrole nitrogens is 1. The van der Waals surface area contributed by atoms with Crippen molar-refractivity contribution in [3.8, 4) is 11.5 Å². The Kier molecular flexibility index (Phi) is 7.99. The van der Waals surface area contributed by atoms with E-state index in [0.29, 0.717) is 48.0 Å². The van der Waals surface area contributed by atoms with E-state index in [2.05, 4.69) is 27.3 Å². The predicted octanol–water partition coefficient (Wildman–Crippen LogP) is 4.46. The molecule has 0 fully saturated rings. The van der Waals surface area contributed by atoms with Crippen LogP contribution in [-0.2, 0) is 13.1 Å². The van der Waals surface area contributed by atoms with Gasteiger partial charge in [-0.1, -0.05) is 37.6 Å². The minimum atomic E-state index is -0.307. The number of methoxy groups -OCH3 is 2. The highest BCUT2D eigenvalue weighted by Gasteiger charge is 2.19. The van der Waals surface area contributed by atoms with Crippen LogP contribution < -0.4 is 25.2 Å². The minimum Gasteiger partial charge on any atom is -0.497 e. The Balaban J connectivity index is 1.79. The van der Waals surface area contributed by atoms with Gasteiger partial charge in [-0.3, -0.25) is 4.79 Å². The largest absolute Gasteiger partial charge is 0.497 e. The minimum absolute atomic E-state index is 0.307. The standard InChI is InChI=1S/C27H32N6O3/c1-5-6-15-28-25-23-24(18(2)31-32-26(23)34)29-27(30-25)33(16-19-7-11-21(35-3)12-8-19)17-20-9-13-22(36-4)14-10-20/h7-14H,5-6,15-17H2,1-4H3,(H,32,34)(H,28,29,30). The number of unbranched alkanes of at least 4 members (excludes halogenated alkanes) is 1. The van der Waals surface area contributed by atoms with Crippen LogP contribution in [0.3, 0.4) is 0 Å². The molecule has 36 heavy (non-hydrogen) atoms. The van der Waals surface area contributed by atoms with Gasteiger partial charge in [0.2, 0.25) is 5.95 Å². The summed E-state index contributed by atoms with van der Waals surface area (Å²) < 4.78 is 10.6. The zero-order valence-corrected chi connectivity index (χ0v) is 21.2. The summed E-state index contributed by atoms with van der Waals surface area (Å²) >= 11 is 0. The Hall–Kier alpha value is -4.14. The van der Waals surface area contributed by atoms with Gasteiger partial charge in [0.1, 0.15) is 28.2 Å². The van der Waals surface area contributed by atoms with Gasteiger partial charge in [-0.2, -0.15) is 10.1 Å². The first kappa shape index (κ1) is 25.0. The molecule has 0 bridgehead atoms. The Morgan fingerprint density at radius 2 is 1.50 bits per heavy atom. The van der Waals surface area contributed by atoms with Crippen molar-refractivity contribution in [2.45, 2.75) is 39.8 Å². The molecule has 2 aromatic heterocycles. The van der Waals surface area contributed by atoms with Crippen molar-refractivity contribution in [1.82, 2.24) is 20.2 Å². The second kappa shape index (κ2) is 11.5. The van der Waals surface area contributed by atoms with Gasteiger partial charge >= 0.3 is 0 Å². The fraction of sp³-hybridized carbons (Fsp3) is 0.333. The summed E-state index contributed by atoms with van der Waals surface area (Å²) in [6, 6.07) is 15.9. The van der Waals surface area contributed by atoms with Crippen LogP contribution in [0.2, 0.25) is 0 Å². The highest BCUT2D eigenvalue weighted by atomic mass is 16.5. The van der Waals surface area contributed by atoms with Crippen LogP contribution in [0.25, 0.3) is 10.9 Å². The Bertz CT molecular complexity index is 1300. The van der Waals surface area contributed by atoms with Gasteiger partial charge in [0, 0.05) is 19.6 Å². The van der Waals surface area contributed by atoms with Crippen molar-refractivity contribution in [2.24, 2.45) is 0 Å². The maximum Gasteiger partial charge on any atom is 0.277 e. The van der Waals surface area contributed by atoms with E-state index < -0.39 is 0 Å². The number of aromatic nitrogens is 4. The molecular weight excluding hydrogens is 456 g/mol. The zero-order chi connectivity index (χ0) is 25.5. The first-order valence-corrected chi connectivity index (χ1v) is 12.0. The Labute approximate surface area is 210 Å². The first-order chi connectivity index (χ1) is 17.5. The molecule has 0 aliphatic carbocycles. The van der Waals surface area contributed by atoms with E-state index in [1.165, 1.54) is 0 Å². The number of nitrogens with zero attached hydrogens (tertiary/aromatic N) is 4. The summed E-state index contributed by atoms with van der Waals surface area (Å²) in [6.45, 7) is 5.79. The lowest BCUT2D eigenvalue weighted by molar-refractivity contribution is 0.414. The van der Waals surface area contributed by atoms with Crippen LogP contribution in [0.1, 0.15) is 36.6 Å². The van der Waals surface area contributed by atoms with Gasteiger partial charge in [-0.05, 0) is 48.7 Å². The third-order valence-corrected chi connectivity index (χ3v) is 5.96. The summed E-state index contributed by atoms with van der Waals surface area (Å²) in [5.41, 5.74) is 3.03. The van der Waals surface area contributed by atoms with Crippen molar-refractivity contribution in [3.05, 3.63) is 75.7 Å². The van der Waals surface area contributed by atoms with Crippen molar-refractivity contribution in [3.63, 3.8) is 0 Å². The van der Waals surface area contributed by atoms with E-state index in [1.54, 1.807) is 14.2 Å². The number of rotatable bonds is 11. The molecule has 0 radical (unpaired) electrons. The fourth-order valence-electron chi connectivity index (χ4n) is 3.92. The Morgan fingerprint density at radius 1 is 0.917 bits per heavy atom. The highest BCUT2D eigenvalue weighted by Crippen LogP contribution is 2.25. The van der Waals surface area contributed by atoms with Crippen LogP contribution in [0, 0.1) is 6.92 Å². The molecular formula is C27H32N6O3. The fourth-order valence-corrected chi connectivity index (χ4v) is 3.92. The van der Waals surface area contributed by atoms with Gasteiger partial charge in [-0.15, -0.1) is 0 Å². The number of anilines is 2. The van der Waals surface area contributed by atoms with E-state index in [4.69, 9.17) is 19.4 Å². The molecule has 4 aromatic rings. The molecule has 0 saturated carbocycles. The Morgan fingerprint density at radius 3 is 2.03 bits per heavy atom. The summed E-state index contributed by atoms with van der Waals surface area (Å²) in [6.07, 6.45) is 1.99. The van der Waals surface area contributed by atoms with Crippen LogP contribution in [0.4, 0.5) is 11.8 Å². The molecule has 0 amide bonds. The summed E-state index contributed by atoms with van der Waals surface area (Å²) in [4.78, 5) is 24.5. The van der Waals surface area contributed by atoms with Crippen LogP contribution in [0.15, 0.2) is 53.3 Å². The number of benzene rings is 2. The summed E-state index contributed by atoms with van der Waals surface area (Å²) in [7, 11) is 3.30. The normalized spacial score (nSPS) is 10.9. The van der Waals surface area contributed by atoms with Crippen molar-refractivity contribution in [1.29, 1.82) is 0 Å². The number of aryl methyl sites for hydroxylation is 1. The molecule has 188 valence electrons. The average Bonchev–Trinajstić information content (AvgIpc) is 2.91. The van der Waals surface area contributed by atoms with Crippen LogP contribution >= 0.6 is 0 Å². The number of nitrogens with one attached hydrogen (secondary N) is 2. The maximum atomic E-state index is 12.7. The van der Waals surface area contributed by atoms with E-state index in [1.807, 2.05) is 55.5 Å². The van der Waals surface area contributed by atoms with Gasteiger partial charge < -0.3 is 19.7 Å². The molecule has 2 aromatic carbocycles. The molecule has 4 rings (SSSR count). The van der Waals surface area contributed by atoms with E-state index >= 15 is 0 Å². The molecule has 0 spiro atoms. The molecule has 0 aliphatic rings. The van der Waals surface area contributed by atoms with Gasteiger partial charge in [-0.25, -0.2) is 10.1 Å². The van der Waals surface area contributed by atoms with Crippen LogP contribution in [0.5, 0.6) is 11.5 Å². The monoisotopic (exact) mass is 488 g/mol.